The first-order valence-corrected chi connectivity index (χ1v) is 6.80. The second kappa shape index (κ2) is 6.16. The van der Waals surface area contributed by atoms with Crippen molar-refractivity contribution in [2.75, 3.05) is 36.9 Å². The quantitative estimate of drug-likeness (QED) is 0.714. The van der Waals surface area contributed by atoms with Crippen molar-refractivity contribution >= 4 is 11.6 Å². The molecule has 1 aliphatic heterocycles. The number of rotatable bonds is 6. The van der Waals surface area contributed by atoms with Crippen LogP contribution in [0.1, 0.15) is 25.8 Å². The van der Waals surface area contributed by atoms with Crippen LogP contribution in [0.4, 0.5) is 11.6 Å². The Morgan fingerprint density at radius 3 is 2.63 bits per heavy atom. The highest BCUT2D eigenvalue weighted by Crippen LogP contribution is 2.23. The van der Waals surface area contributed by atoms with E-state index in [1.54, 1.807) is 0 Å². The molecule has 1 atom stereocenters. The van der Waals surface area contributed by atoms with Crippen molar-refractivity contribution in [1.82, 2.24) is 9.97 Å². The minimum absolute atomic E-state index is 0.382. The van der Waals surface area contributed by atoms with Crippen LogP contribution in [0.5, 0.6) is 0 Å². The van der Waals surface area contributed by atoms with E-state index in [0.29, 0.717) is 26.2 Å². The van der Waals surface area contributed by atoms with Crippen LogP contribution in [0.15, 0.2) is 6.33 Å². The zero-order valence-corrected chi connectivity index (χ0v) is 11.6. The van der Waals surface area contributed by atoms with E-state index in [1.807, 2.05) is 6.92 Å². The van der Waals surface area contributed by atoms with Gasteiger partial charge in [0, 0.05) is 31.7 Å². The van der Waals surface area contributed by atoms with Crippen LogP contribution in [0.2, 0.25) is 0 Å². The zero-order valence-electron chi connectivity index (χ0n) is 11.6. The first-order valence-electron chi connectivity index (χ1n) is 6.80. The summed E-state index contributed by atoms with van der Waals surface area (Å²) >= 11 is 0. The van der Waals surface area contributed by atoms with Crippen molar-refractivity contribution < 1.29 is 9.84 Å². The Labute approximate surface area is 113 Å². The van der Waals surface area contributed by atoms with E-state index in [4.69, 9.17) is 4.74 Å². The van der Waals surface area contributed by atoms with Crippen LogP contribution in [0, 0.1) is 0 Å². The molecule has 1 aliphatic rings. The second-order valence-electron chi connectivity index (χ2n) is 4.81. The molecular formula is C13H22N4O2. The first-order chi connectivity index (χ1) is 9.18. The normalized spacial score (nSPS) is 22.5. The minimum atomic E-state index is -0.783. The van der Waals surface area contributed by atoms with Crippen LogP contribution >= 0.6 is 0 Å². The van der Waals surface area contributed by atoms with Crippen LogP contribution < -0.4 is 10.6 Å². The number of hydrogen-bond donors (Lipinski definition) is 3. The Kier molecular flexibility index (Phi) is 4.55. The Bertz CT molecular complexity index is 419. The Morgan fingerprint density at radius 1 is 1.32 bits per heavy atom. The molecule has 19 heavy (non-hydrogen) atoms. The second-order valence-corrected chi connectivity index (χ2v) is 4.81. The van der Waals surface area contributed by atoms with Crippen molar-refractivity contribution in [1.29, 1.82) is 0 Å². The fourth-order valence-electron chi connectivity index (χ4n) is 2.20. The van der Waals surface area contributed by atoms with Gasteiger partial charge in [0.05, 0.1) is 6.61 Å². The molecule has 3 N–H and O–H groups in total. The van der Waals surface area contributed by atoms with Crippen molar-refractivity contribution in [3.8, 4) is 0 Å². The highest BCUT2D eigenvalue weighted by Gasteiger charge is 2.32. The molecule has 0 radical (unpaired) electrons. The highest BCUT2D eigenvalue weighted by molar-refractivity contribution is 5.57. The molecular weight excluding hydrogens is 244 g/mol. The molecule has 0 aromatic carbocycles. The van der Waals surface area contributed by atoms with E-state index >= 15 is 0 Å². The smallest absolute Gasteiger partial charge is 0.134 e. The van der Waals surface area contributed by atoms with E-state index in [9.17, 15) is 5.11 Å². The average Bonchev–Trinajstić information content (AvgIpc) is 2.84. The highest BCUT2D eigenvalue weighted by atomic mass is 16.5. The number of ether oxygens (including phenoxy) is 1. The van der Waals surface area contributed by atoms with Gasteiger partial charge in [-0.2, -0.15) is 0 Å². The molecule has 0 bridgehead atoms. The maximum absolute atomic E-state index is 10.2. The van der Waals surface area contributed by atoms with Gasteiger partial charge in [0.2, 0.25) is 0 Å². The molecule has 6 nitrogen and oxygen atoms in total. The van der Waals surface area contributed by atoms with Gasteiger partial charge in [-0.25, -0.2) is 9.97 Å². The van der Waals surface area contributed by atoms with Crippen molar-refractivity contribution in [2.45, 2.75) is 32.3 Å². The van der Waals surface area contributed by atoms with Crippen molar-refractivity contribution in [3.63, 3.8) is 0 Å². The summed E-state index contributed by atoms with van der Waals surface area (Å²) in [4.78, 5) is 8.52. The van der Waals surface area contributed by atoms with E-state index < -0.39 is 5.60 Å². The van der Waals surface area contributed by atoms with Gasteiger partial charge < -0.3 is 20.5 Å². The van der Waals surface area contributed by atoms with E-state index in [2.05, 4.69) is 27.5 Å². The molecule has 2 heterocycles. The minimum Gasteiger partial charge on any atom is -0.386 e. The molecule has 2 rings (SSSR count). The van der Waals surface area contributed by atoms with Gasteiger partial charge in [0.15, 0.2) is 0 Å². The van der Waals surface area contributed by atoms with Crippen LogP contribution in [-0.2, 0) is 11.2 Å². The summed E-state index contributed by atoms with van der Waals surface area (Å²) in [6, 6.07) is 0. The lowest BCUT2D eigenvalue weighted by atomic mass is 10.0. The summed E-state index contributed by atoms with van der Waals surface area (Å²) in [5.74, 6) is 1.64. The van der Waals surface area contributed by atoms with E-state index in [0.717, 1.165) is 30.2 Å². The number of aliphatic hydroxyl groups is 1. The number of hydrogen-bond acceptors (Lipinski definition) is 6. The summed E-state index contributed by atoms with van der Waals surface area (Å²) in [7, 11) is 0. The molecule has 1 aromatic heterocycles. The van der Waals surface area contributed by atoms with Crippen LogP contribution in [0.25, 0.3) is 0 Å². The molecule has 1 aromatic rings. The first kappa shape index (κ1) is 14.0. The molecule has 106 valence electrons. The lowest BCUT2D eigenvalue weighted by Gasteiger charge is -2.22. The van der Waals surface area contributed by atoms with Crippen LogP contribution in [0.3, 0.4) is 0 Å². The number of nitrogens with one attached hydrogen (secondary N) is 2. The third-order valence-corrected chi connectivity index (χ3v) is 3.31. The Balaban J connectivity index is 2.08. The standard InChI is InChI=1S/C13H22N4O2/c1-3-10-11(14-4-2)16-9-17-12(10)15-7-13(18)5-6-19-8-13/h9,18H,3-8H2,1-2H3,(H2,14,15,16,17). The molecule has 1 unspecified atom stereocenters. The fourth-order valence-corrected chi connectivity index (χ4v) is 2.20. The predicted molar refractivity (Wildman–Crippen MR) is 74.4 cm³/mol. The van der Waals surface area contributed by atoms with Crippen LogP contribution in [-0.4, -0.2) is 47.0 Å². The Hall–Kier alpha value is -1.40. The molecule has 0 spiro atoms. The zero-order chi connectivity index (χ0) is 13.7. The maximum atomic E-state index is 10.2. The summed E-state index contributed by atoms with van der Waals surface area (Å²) in [6.07, 6.45) is 3.03. The molecule has 0 amide bonds. The topological polar surface area (TPSA) is 79.3 Å². The number of nitrogens with zero attached hydrogens (tertiary/aromatic N) is 2. The lowest BCUT2D eigenvalue weighted by molar-refractivity contribution is 0.0381. The van der Waals surface area contributed by atoms with Gasteiger partial charge in [0.25, 0.3) is 0 Å². The SMILES string of the molecule is CCNc1ncnc(NCC2(O)CCOC2)c1CC. The van der Waals surface area contributed by atoms with Gasteiger partial charge in [0.1, 0.15) is 23.6 Å². The van der Waals surface area contributed by atoms with Crippen molar-refractivity contribution in [2.24, 2.45) is 0 Å². The monoisotopic (exact) mass is 266 g/mol. The molecule has 1 saturated heterocycles. The summed E-state index contributed by atoms with van der Waals surface area (Å²) in [6.45, 7) is 6.37. The summed E-state index contributed by atoms with van der Waals surface area (Å²) < 4.78 is 5.23. The Morgan fingerprint density at radius 2 is 2.05 bits per heavy atom. The summed E-state index contributed by atoms with van der Waals surface area (Å²) in [5, 5.41) is 16.7. The third kappa shape index (κ3) is 3.33. The lowest BCUT2D eigenvalue weighted by Crippen LogP contribution is -2.37. The van der Waals surface area contributed by atoms with Crippen molar-refractivity contribution in [3.05, 3.63) is 11.9 Å². The van der Waals surface area contributed by atoms with Gasteiger partial charge >= 0.3 is 0 Å². The molecule has 6 heteroatoms. The molecule has 0 saturated carbocycles. The van der Waals surface area contributed by atoms with Gasteiger partial charge in [-0.15, -0.1) is 0 Å². The van der Waals surface area contributed by atoms with Gasteiger partial charge in [-0.3, -0.25) is 0 Å². The number of anilines is 2. The van der Waals surface area contributed by atoms with E-state index in [-0.39, 0.29) is 0 Å². The van der Waals surface area contributed by atoms with E-state index in [1.165, 1.54) is 6.33 Å². The van der Waals surface area contributed by atoms with Gasteiger partial charge in [-0.1, -0.05) is 6.92 Å². The van der Waals surface area contributed by atoms with Gasteiger partial charge in [-0.05, 0) is 13.3 Å². The third-order valence-electron chi connectivity index (χ3n) is 3.31. The molecule has 1 fully saturated rings. The summed E-state index contributed by atoms with van der Waals surface area (Å²) in [5.41, 5.74) is 0.265. The number of aromatic nitrogens is 2. The average molecular weight is 266 g/mol. The predicted octanol–water partition coefficient (Wildman–Crippen LogP) is 1.03. The fraction of sp³-hybridized carbons (Fsp3) is 0.692. The largest absolute Gasteiger partial charge is 0.386 e. The maximum Gasteiger partial charge on any atom is 0.134 e. The molecule has 0 aliphatic carbocycles.